The lowest BCUT2D eigenvalue weighted by Gasteiger charge is -2.32. The summed E-state index contributed by atoms with van der Waals surface area (Å²) in [6.07, 6.45) is 1.04. The number of nitrogens with one attached hydrogen (secondary N) is 1. The van der Waals surface area contributed by atoms with Crippen molar-refractivity contribution in [2.45, 2.75) is 44.9 Å². The minimum Gasteiger partial charge on any atom is -0.394 e. The van der Waals surface area contributed by atoms with Gasteiger partial charge >= 0.3 is 0 Å². The monoisotopic (exact) mass is 315 g/mol. The van der Waals surface area contributed by atoms with E-state index in [-0.39, 0.29) is 18.8 Å². The Bertz CT molecular complexity index is 385. The van der Waals surface area contributed by atoms with Crippen molar-refractivity contribution in [1.82, 2.24) is 5.32 Å². The van der Waals surface area contributed by atoms with Crippen LogP contribution in [0.5, 0.6) is 0 Å². The average molecular weight is 316 g/mol. The number of ether oxygens (including phenoxy) is 1. The highest BCUT2D eigenvalue weighted by atomic mass is 35.5. The van der Waals surface area contributed by atoms with Crippen molar-refractivity contribution < 1.29 is 14.9 Å². The van der Waals surface area contributed by atoms with Crippen molar-refractivity contribution in [3.63, 3.8) is 0 Å². The molecule has 0 aliphatic carbocycles. The van der Waals surface area contributed by atoms with Gasteiger partial charge < -0.3 is 20.3 Å². The van der Waals surface area contributed by atoms with Crippen LogP contribution in [0.2, 0.25) is 5.02 Å². The number of β-amino-alcohol motifs (C(OH)–C–C–N with tert-alkyl or cyclic N) is 1. The molecule has 0 saturated carbocycles. The molecule has 0 heterocycles. The lowest BCUT2D eigenvalue weighted by molar-refractivity contribution is 0.0211. The number of hydrogen-bond acceptors (Lipinski definition) is 4. The van der Waals surface area contributed by atoms with E-state index in [1.165, 1.54) is 0 Å². The highest BCUT2D eigenvalue weighted by Crippen LogP contribution is 2.14. The van der Waals surface area contributed by atoms with Crippen LogP contribution in [0.3, 0.4) is 0 Å². The van der Waals surface area contributed by atoms with E-state index in [9.17, 15) is 10.2 Å². The zero-order valence-corrected chi connectivity index (χ0v) is 13.6. The topological polar surface area (TPSA) is 61.7 Å². The Morgan fingerprint density at radius 1 is 1.24 bits per heavy atom. The van der Waals surface area contributed by atoms with Crippen molar-refractivity contribution in [2.24, 2.45) is 0 Å². The second-order valence-electron chi connectivity index (χ2n) is 5.32. The van der Waals surface area contributed by atoms with Crippen molar-refractivity contribution in [1.29, 1.82) is 0 Å². The van der Waals surface area contributed by atoms with Gasteiger partial charge in [-0.15, -0.1) is 0 Å². The molecule has 0 aliphatic heterocycles. The molecule has 4 nitrogen and oxygen atoms in total. The van der Waals surface area contributed by atoms with Gasteiger partial charge in [0.25, 0.3) is 0 Å². The maximum Gasteiger partial charge on any atom is 0.0898 e. The first kappa shape index (κ1) is 18.4. The number of benzene rings is 1. The number of halogens is 1. The fourth-order valence-electron chi connectivity index (χ4n) is 2.07. The van der Waals surface area contributed by atoms with E-state index >= 15 is 0 Å². The quantitative estimate of drug-likeness (QED) is 0.620. The summed E-state index contributed by atoms with van der Waals surface area (Å²) in [6.45, 7) is 5.22. The molecule has 120 valence electrons. The minimum atomic E-state index is -0.596. The predicted molar refractivity (Wildman–Crippen MR) is 85.5 cm³/mol. The molecule has 3 N–H and O–H groups in total. The highest BCUT2D eigenvalue weighted by molar-refractivity contribution is 6.30. The minimum absolute atomic E-state index is 0.0678. The molecule has 1 aromatic rings. The van der Waals surface area contributed by atoms with E-state index in [2.05, 4.69) is 5.32 Å². The zero-order valence-electron chi connectivity index (χ0n) is 12.8. The van der Waals surface area contributed by atoms with Crippen LogP contribution in [0.25, 0.3) is 0 Å². The fourth-order valence-corrected chi connectivity index (χ4v) is 2.19. The molecule has 0 amide bonds. The summed E-state index contributed by atoms with van der Waals surface area (Å²) in [7, 11) is 0. The Morgan fingerprint density at radius 2 is 1.86 bits per heavy atom. The Morgan fingerprint density at radius 3 is 2.38 bits per heavy atom. The standard InChI is InChI=1S/C16H26ClNO3/c1-3-16(4-2,12-19)18-9-15(20)11-21-10-13-5-7-14(17)8-6-13/h5-8,15,18-20H,3-4,9-12H2,1-2H3. The number of hydrogen-bond donors (Lipinski definition) is 3. The van der Waals surface area contributed by atoms with Gasteiger partial charge in [0.1, 0.15) is 0 Å². The molecular formula is C16H26ClNO3. The number of aliphatic hydroxyl groups is 2. The molecule has 0 aliphatic rings. The molecule has 1 aromatic carbocycles. The van der Waals surface area contributed by atoms with Crippen LogP contribution in [0.15, 0.2) is 24.3 Å². The summed E-state index contributed by atoms with van der Waals surface area (Å²) < 4.78 is 5.49. The number of rotatable bonds is 10. The van der Waals surface area contributed by atoms with Gasteiger partial charge in [0.05, 0.1) is 25.9 Å². The van der Waals surface area contributed by atoms with Crippen LogP contribution >= 0.6 is 11.6 Å². The zero-order chi connectivity index (χ0) is 15.7. The molecule has 21 heavy (non-hydrogen) atoms. The molecule has 1 atom stereocenters. The van der Waals surface area contributed by atoms with Crippen LogP contribution < -0.4 is 5.32 Å². The van der Waals surface area contributed by atoms with E-state index in [4.69, 9.17) is 16.3 Å². The molecule has 0 saturated heterocycles. The number of aliphatic hydroxyl groups excluding tert-OH is 2. The van der Waals surface area contributed by atoms with Gasteiger partial charge in [-0.3, -0.25) is 0 Å². The second-order valence-corrected chi connectivity index (χ2v) is 5.76. The van der Waals surface area contributed by atoms with Crippen molar-refractivity contribution in [2.75, 3.05) is 19.8 Å². The molecule has 0 bridgehead atoms. The van der Waals surface area contributed by atoms with E-state index in [0.29, 0.717) is 18.2 Å². The summed E-state index contributed by atoms with van der Waals surface area (Å²) in [5.74, 6) is 0. The summed E-state index contributed by atoms with van der Waals surface area (Å²) in [4.78, 5) is 0. The third kappa shape index (κ3) is 6.32. The van der Waals surface area contributed by atoms with Crippen LogP contribution in [-0.4, -0.2) is 41.6 Å². The Hall–Kier alpha value is -0.650. The molecule has 1 rings (SSSR count). The predicted octanol–water partition coefficient (Wildman–Crippen LogP) is 2.36. The van der Waals surface area contributed by atoms with E-state index in [0.717, 1.165) is 18.4 Å². The van der Waals surface area contributed by atoms with Crippen LogP contribution in [0.4, 0.5) is 0 Å². The molecule has 0 spiro atoms. The second kappa shape index (κ2) is 9.38. The highest BCUT2D eigenvalue weighted by Gasteiger charge is 2.25. The largest absolute Gasteiger partial charge is 0.394 e. The Labute approximate surface area is 132 Å². The van der Waals surface area contributed by atoms with Crippen molar-refractivity contribution in [3.05, 3.63) is 34.9 Å². The third-order valence-electron chi connectivity index (χ3n) is 3.86. The first-order valence-corrected chi connectivity index (χ1v) is 7.79. The lowest BCUT2D eigenvalue weighted by atomic mass is 9.94. The van der Waals surface area contributed by atoms with E-state index in [1.807, 2.05) is 38.1 Å². The lowest BCUT2D eigenvalue weighted by Crippen LogP contribution is -2.50. The summed E-state index contributed by atoms with van der Waals surface area (Å²) >= 11 is 5.81. The van der Waals surface area contributed by atoms with Gasteiger partial charge in [-0.05, 0) is 30.5 Å². The summed E-state index contributed by atoms with van der Waals surface area (Å²) in [5.41, 5.74) is 0.711. The van der Waals surface area contributed by atoms with Gasteiger partial charge in [0.15, 0.2) is 0 Å². The van der Waals surface area contributed by atoms with Gasteiger partial charge in [-0.2, -0.15) is 0 Å². The van der Waals surface area contributed by atoms with Crippen molar-refractivity contribution >= 4 is 11.6 Å². The van der Waals surface area contributed by atoms with Crippen LogP contribution in [0, 0.1) is 0 Å². The van der Waals surface area contributed by atoms with Crippen molar-refractivity contribution in [3.8, 4) is 0 Å². The van der Waals surface area contributed by atoms with Gasteiger partial charge in [0, 0.05) is 17.1 Å². The molecule has 0 radical (unpaired) electrons. The van der Waals surface area contributed by atoms with Gasteiger partial charge in [-0.1, -0.05) is 37.6 Å². The Kier molecular flexibility index (Phi) is 8.22. The average Bonchev–Trinajstić information content (AvgIpc) is 2.51. The first-order chi connectivity index (χ1) is 10.0. The van der Waals surface area contributed by atoms with Crippen LogP contribution in [-0.2, 0) is 11.3 Å². The molecular weight excluding hydrogens is 290 g/mol. The summed E-state index contributed by atoms with van der Waals surface area (Å²) in [6, 6.07) is 7.43. The van der Waals surface area contributed by atoms with Gasteiger partial charge in [-0.25, -0.2) is 0 Å². The normalized spacial score (nSPS) is 13.4. The molecule has 0 aromatic heterocycles. The third-order valence-corrected chi connectivity index (χ3v) is 4.11. The molecule has 0 fully saturated rings. The van der Waals surface area contributed by atoms with E-state index in [1.54, 1.807) is 0 Å². The first-order valence-electron chi connectivity index (χ1n) is 7.41. The van der Waals surface area contributed by atoms with E-state index < -0.39 is 6.10 Å². The molecule has 5 heteroatoms. The Balaban J connectivity index is 2.27. The SMILES string of the molecule is CCC(CC)(CO)NCC(O)COCc1ccc(Cl)cc1. The maximum absolute atomic E-state index is 9.93. The molecule has 1 unspecified atom stereocenters. The van der Waals surface area contributed by atoms with Crippen LogP contribution in [0.1, 0.15) is 32.3 Å². The van der Waals surface area contributed by atoms with Gasteiger partial charge in [0.2, 0.25) is 0 Å². The maximum atomic E-state index is 9.93. The summed E-state index contributed by atoms with van der Waals surface area (Å²) in [5, 5.41) is 23.3. The smallest absolute Gasteiger partial charge is 0.0898 e. The fraction of sp³-hybridized carbons (Fsp3) is 0.625.